The molecule has 0 spiro atoms. The Bertz CT molecular complexity index is 790. The lowest BCUT2D eigenvalue weighted by molar-refractivity contribution is -0.124. The van der Waals surface area contributed by atoms with E-state index in [9.17, 15) is 9.59 Å². The maximum absolute atomic E-state index is 13.3. The lowest BCUT2D eigenvalue weighted by atomic mass is 9.81. The Hall–Kier alpha value is -2.18. The van der Waals surface area contributed by atoms with Gasteiger partial charge < -0.3 is 15.0 Å². The van der Waals surface area contributed by atoms with Crippen molar-refractivity contribution in [3.05, 3.63) is 57.8 Å². The summed E-state index contributed by atoms with van der Waals surface area (Å²) in [6.45, 7) is 4.92. The van der Waals surface area contributed by atoms with Crippen molar-refractivity contribution in [3.8, 4) is 0 Å². The molecule has 6 heteroatoms. The summed E-state index contributed by atoms with van der Waals surface area (Å²) in [4.78, 5) is 29.3. The van der Waals surface area contributed by atoms with Gasteiger partial charge in [-0.1, -0.05) is 31.2 Å². The fraction of sp³-hybridized carbons (Fsp3) is 0.429. The van der Waals surface area contributed by atoms with Gasteiger partial charge in [0.15, 0.2) is 0 Å². The van der Waals surface area contributed by atoms with Gasteiger partial charge in [-0.15, -0.1) is 11.3 Å². The van der Waals surface area contributed by atoms with E-state index < -0.39 is 5.92 Å². The molecule has 2 heterocycles. The van der Waals surface area contributed by atoms with E-state index in [1.807, 2.05) is 55.6 Å². The van der Waals surface area contributed by atoms with Gasteiger partial charge in [0.1, 0.15) is 0 Å². The zero-order valence-electron chi connectivity index (χ0n) is 16.0. The summed E-state index contributed by atoms with van der Waals surface area (Å²) in [6, 6.07) is 11.2. The van der Waals surface area contributed by atoms with Crippen molar-refractivity contribution in [3.63, 3.8) is 0 Å². The molecule has 2 amide bonds. The number of carbonyl (C=O) groups excluding carboxylic acids is 2. The summed E-state index contributed by atoms with van der Waals surface area (Å²) in [7, 11) is 1.62. The van der Waals surface area contributed by atoms with E-state index in [0.717, 1.165) is 16.9 Å². The highest BCUT2D eigenvalue weighted by atomic mass is 32.1. The van der Waals surface area contributed by atoms with Gasteiger partial charge in [-0.25, -0.2) is 0 Å². The second-order valence-corrected chi connectivity index (χ2v) is 7.81. The summed E-state index contributed by atoms with van der Waals surface area (Å²) in [5.41, 5.74) is 1.40. The monoisotopic (exact) mass is 386 g/mol. The molecular weight excluding hydrogens is 360 g/mol. The van der Waals surface area contributed by atoms with Crippen LogP contribution in [0.15, 0.2) is 41.8 Å². The fourth-order valence-corrected chi connectivity index (χ4v) is 4.40. The topological polar surface area (TPSA) is 58.6 Å². The molecule has 3 rings (SSSR count). The van der Waals surface area contributed by atoms with Crippen LogP contribution in [0.4, 0.5) is 0 Å². The maximum atomic E-state index is 13.3. The van der Waals surface area contributed by atoms with Crippen molar-refractivity contribution in [1.29, 1.82) is 0 Å². The molecular formula is C21H26N2O3S. The third kappa shape index (κ3) is 3.92. The molecule has 0 bridgehead atoms. The van der Waals surface area contributed by atoms with Crippen LogP contribution >= 0.6 is 11.3 Å². The van der Waals surface area contributed by atoms with Crippen LogP contribution in [0.2, 0.25) is 0 Å². The maximum Gasteiger partial charge on any atom is 0.254 e. The number of hydrogen-bond donors (Lipinski definition) is 1. The molecule has 0 fully saturated rings. The summed E-state index contributed by atoms with van der Waals surface area (Å²) >= 11 is 1.57. The molecule has 0 radical (unpaired) electrons. The van der Waals surface area contributed by atoms with Crippen LogP contribution < -0.4 is 5.32 Å². The van der Waals surface area contributed by atoms with Gasteiger partial charge in [0.25, 0.3) is 5.91 Å². The zero-order chi connectivity index (χ0) is 19.4. The van der Waals surface area contributed by atoms with Crippen LogP contribution in [0.1, 0.15) is 53.0 Å². The molecule has 0 saturated heterocycles. The van der Waals surface area contributed by atoms with Crippen LogP contribution in [0.25, 0.3) is 0 Å². The Labute approximate surface area is 164 Å². The molecule has 3 atom stereocenters. The van der Waals surface area contributed by atoms with E-state index in [1.165, 1.54) is 0 Å². The number of nitrogens with zero attached hydrogens (tertiary/aromatic N) is 1. The molecule has 2 aromatic rings. The van der Waals surface area contributed by atoms with Gasteiger partial charge in [0.2, 0.25) is 5.91 Å². The number of benzene rings is 1. The number of ether oxygens (including phenoxy) is 1. The van der Waals surface area contributed by atoms with Crippen molar-refractivity contribution in [2.75, 3.05) is 20.3 Å². The standard InChI is InChI=1S/C21H26N2O3S/c1-4-14(2)22-20(24)18-15-8-5-6-9-16(15)21(25)23(11-12-26-3)19(18)17-10-7-13-27-17/h5-10,13-14,18-19H,4,11-12H2,1-3H3,(H,22,24). The Morgan fingerprint density at radius 2 is 2.07 bits per heavy atom. The van der Waals surface area contributed by atoms with Gasteiger partial charge in [-0.2, -0.15) is 0 Å². The number of thiophene rings is 1. The average molecular weight is 387 g/mol. The number of fused-ring (bicyclic) bond motifs is 1. The number of methoxy groups -OCH3 is 1. The Kier molecular flexibility index (Phi) is 6.29. The van der Waals surface area contributed by atoms with Gasteiger partial charge in [0.05, 0.1) is 18.6 Å². The number of nitrogens with one attached hydrogen (secondary N) is 1. The summed E-state index contributed by atoms with van der Waals surface area (Å²) in [5.74, 6) is -0.526. The summed E-state index contributed by atoms with van der Waals surface area (Å²) in [5, 5.41) is 5.10. The van der Waals surface area contributed by atoms with E-state index >= 15 is 0 Å². The highest BCUT2D eigenvalue weighted by Crippen LogP contribution is 2.44. The number of rotatable bonds is 7. The smallest absolute Gasteiger partial charge is 0.254 e. The first kappa shape index (κ1) is 19.6. The first-order valence-corrected chi connectivity index (χ1v) is 10.2. The van der Waals surface area contributed by atoms with E-state index in [2.05, 4.69) is 5.32 Å². The predicted molar refractivity (Wildman–Crippen MR) is 107 cm³/mol. The van der Waals surface area contributed by atoms with Crippen molar-refractivity contribution in [2.24, 2.45) is 0 Å². The van der Waals surface area contributed by atoms with Gasteiger partial charge in [0, 0.05) is 30.1 Å². The third-order valence-corrected chi connectivity index (χ3v) is 6.04. The molecule has 144 valence electrons. The number of amides is 2. The quantitative estimate of drug-likeness (QED) is 0.791. The number of hydrogen-bond acceptors (Lipinski definition) is 4. The normalized spacial score (nSPS) is 20.3. The molecule has 0 saturated carbocycles. The zero-order valence-corrected chi connectivity index (χ0v) is 16.8. The molecule has 1 aromatic heterocycles. The van der Waals surface area contributed by atoms with Crippen LogP contribution in [-0.4, -0.2) is 43.0 Å². The SMILES string of the molecule is CCC(C)NC(=O)C1c2ccccc2C(=O)N(CCOC)C1c1cccs1. The van der Waals surface area contributed by atoms with Crippen LogP contribution in [-0.2, 0) is 9.53 Å². The minimum absolute atomic E-state index is 0.0369. The molecule has 1 aliphatic rings. The first-order valence-electron chi connectivity index (χ1n) is 9.31. The lowest BCUT2D eigenvalue weighted by Crippen LogP contribution is -2.49. The second kappa shape index (κ2) is 8.67. The molecule has 1 aliphatic heterocycles. The molecule has 1 aromatic carbocycles. The average Bonchev–Trinajstić information content (AvgIpc) is 3.21. The van der Waals surface area contributed by atoms with E-state index in [-0.39, 0.29) is 23.9 Å². The van der Waals surface area contributed by atoms with E-state index in [4.69, 9.17) is 4.74 Å². The first-order chi connectivity index (χ1) is 13.1. The Morgan fingerprint density at radius 1 is 1.30 bits per heavy atom. The van der Waals surface area contributed by atoms with Crippen molar-refractivity contribution >= 4 is 23.2 Å². The Balaban J connectivity index is 2.10. The number of carbonyl (C=O) groups is 2. The summed E-state index contributed by atoms with van der Waals surface area (Å²) < 4.78 is 5.23. The highest BCUT2D eigenvalue weighted by molar-refractivity contribution is 7.10. The Morgan fingerprint density at radius 3 is 2.74 bits per heavy atom. The van der Waals surface area contributed by atoms with Crippen molar-refractivity contribution in [2.45, 2.75) is 38.3 Å². The van der Waals surface area contributed by atoms with Crippen LogP contribution in [0.5, 0.6) is 0 Å². The minimum atomic E-state index is -0.441. The van der Waals surface area contributed by atoms with E-state index in [1.54, 1.807) is 23.3 Å². The van der Waals surface area contributed by atoms with Crippen molar-refractivity contribution < 1.29 is 14.3 Å². The van der Waals surface area contributed by atoms with Gasteiger partial charge in [-0.05, 0) is 36.4 Å². The third-order valence-electron chi connectivity index (χ3n) is 5.09. The fourth-order valence-electron chi connectivity index (χ4n) is 3.52. The lowest BCUT2D eigenvalue weighted by Gasteiger charge is -2.41. The minimum Gasteiger partial charge on any atom is -0.383 e. The van der Waals surface area contributed by atoms with Gasteiger partial charge >= 0.3 is 0 Å². The molecule has 5 nitrogen and oxygen atoms in total. The highest BCUT2D eigenvalue weighted by Gasteiger charge is 2.44. The molecule has 1 N–H and O–H groups in total. The van der Waals surface area contributed by atoms with E-state index in [0.29, 0.717) is 18.7 Å². The predicted octanol–water partition coefficient (Wildman–Crippen LogP) is 3.59. The van der Waals surface area contributed by atoms with Crippen LogP contribution in [0, 0.1) is 0 Å². The summed E-state index contributed by atoms with van der Waals surface area (Å²) in [6.07, 6.45) is 0.857. The van der Waals surface area contributed by atoms with Crippen LogP contribution in [0.3, 0.4) is 0 Å². The largest absolute Gasteiger partial charge is 0.383 e. The van der Waals surface area contributed by atoms with Gasteiger partial charge in [-0.3, -0.25) is 9.59 Å². The second-order valence-electron chi connectivity index (χ2n) is 6.83. The molecule has 3 unspecified atom stereocenters. The molecule has 0 aliphatic carbocycles. The molecule has 27 heavy (non-hydrogen) atoms. The van der Waals surface area contributed by atoms with Crippen molar-refractivity contribution in [1.82, 2.24) is 10.2 Å².